The molecule has 2 rings (SSSR count). The average molecular weight is 254 g/mol. The molecule has 1 heterocycles. The molecule has 1 N–H and O–H groups in total. The molecule has 1 aliphatic carbocycles. The molecule has 0 radical (unpaired) electrons. The highest BCUT2D eigenvalue weighted by Gasteiger charge is 2.58. The largest absolute Gasteiger partial charge is 0.465 e. The minimum atomic E-state index is -0.470. The summed E-state index contributed by atoms with van der Waals surface area (Å²) in [6.45, 7) is 2.35. The van der Waals surface area contributed by atoms with E-state index in [9.17, 15) is 14.4 Å². The third kappa shape index (κ3) is 2.25. The molecule has 1 saturated heterocycles. The summed E-state index contributed by atoms with van der Waals surface area (Å²) in [7, 11) is 1.66. The number of imide groups is 1. The Hall–Kier alpha value is -1.43. The number of esters is 1. The molecular weight excluding hydrogens is 236 g/mol. The van der Waals surface area contributed by atoms with Crippen molar-refractivity contribution in [2.45, 2.75) is 25.8 Å². The first-order valence-electron chi connectivity index (χ1n) is 6.29. The monoisotopic (exact) mass is 254 g/mol. The number of piperidine rings is 1. The van der Waals surface area contributed by atoms with Crippen molar-refractivity contribution in [2.24, 2.45) is 11.8 Å². The molecule has 1 aliphatic heterocycles. The highest BCUT2D eigenvalue weighted by atomic mass is 16.5. The van der Waals surface area contributed by atoms with Crippen LogP contribution in [-0.2, 0) is 19.1 Å². The number of likely N-dealkylation sites (N-methyl/N-ethyl adjacent to an activating group) is 1. The van der Waals surface area contributed by atoms with Gasteiger partial charge in [0, 0.05) is 6.54 Å². The van der Waals surface area contributed by atoms with Gasteiger partial charge in [0.2, 0.25) is 11.8 Å². The molecule has 3 unspecified atom stereocenters. The number of nitrogens with zero attached hydrogens (tertiary/aromatic N) is 1. The SMILES string of the molecule is CCOC(=O)C(CCN1C(=O)C2CC2C1=O)NC. The van der Waals surface area contributed by atoms with Gasteiger partial charge in [-0.1, -0.05) is 0 Å². The standard InChI is InChI=1S/C12H18N2O4/c1-3-18-12(17)9(13-2)4-5-14-10(15)7-6-8(7)11(14)16/h7-9,13H,3-6H2,1-2H3. The van der Waals surface area contributed by atoms with E-state index in [1.807, 2.05) is 0 Å². The molecule has 0 bridgehead atoms. The summed E-state index contributed by atoms with van der Waals surface area (Å²) < 4.78 is 4.90. The van der Waals surface area contributed by atoms with Gasteiger partial charge in [-0.05, 0) is 26.8 Å². The van der Waals surface area contributed by atoms with Crippen LogP contribution in [0.3, 0.4) is 0 Å². The van der Waals surface area contributed by atoms with Gasteiger partial charge in [-0.3, -0.25) is 19.3 Å². The smallest absolute Gasteiger partial charge is 0.323 e. The lowest BCUT2D eigenvalue weighted by Crippen LogP contribution is -2.41. The molecule has 6 heteroatoms. The van der Waals surface area contributed by atoms with E-state index < -0.39 is 6.04 Å². The van der Waals surface area contributed by atoms with Crippen LogP contribution in [0.1, 0.15) is 19.8 Å². The second-order valence-electron chi connectivity index (χ2n) is 4.66. The van der Waals surface area contributed by atoms with Crippen LogP contribution in [0.15, 0.2) is 0 Å². The average Bonchev–Trinajstić information content (AvgIpc) is 3.09. The number of nitrogens with one attached hydrogen (secondary N) is 1. The van der Waals surface area contributed by atoms with E-state index in [1.54, 1.807) is 14.0 Å². The Bertz CT molecular complexity index is 362. The van der Waals surface area contributed by atoms with Crippen LogP contribution >= 0.6 is 0 Å². The number of rotatable bonds is 6. The molecule has 100 valence electrons. The van der Waals surface area contributed by atoms with Crippen molar-refractivity contribution in [1.29, 1.82) is 0 Å². The molecule has 2 fully saturated rings. The fourth-order valence-corrected chi connectivity index (χ4v) is 2.35. The molecule has 2 amide bonds. The van der Waals surface area contributed by atoms with Gasteiger partial charge in [0.1, 0.15) is 6.04 Å². The predicted octanol–water partition coefficient (Wildman–Crippen LogP) is -0.467. The second-order valence-corrected chi connectivity index (χ2v) is 4.66. The molecule has 6 nitrogen and oxygen atoms in total. The van der Waals surface area contributed by atoms with Crippen molar-refractivity contribution < 1.29 is 19.1 Å². The first-order chi connectivity index (χ1) is 8.60. The highest BCUT2D eigenvalue weighted by molar-refractivity contribution is 6.08. The number of ether oxygens (including phenoxy) is 1. The van der Waals surface area contributed by atoms with Crippen molar-refractivity contribution in [3.8, 4) is 0 Å². The number of hydrogen-bond acceptors (Lipinski definition) is 5. The number of carbonyl (C=O) groups excluding carboxylic acids is 3. The summed E-state index contributed by atoms with van der Waals surface area (Å²) in [6.07, 6.45) is 1.10. The lowest BCUT2D eigenvalue weighted by molar-refractivity contribution is -0.147. The summed E-state index contributed by atoms with van der Waals surface area (Å²) in [5.41, 5.74) is 0. The Morgan fingerprint density at radius 1 is 1.44 bits per heavy atom. The van der Waals surface area contributed by atoms with Crippen molar-refractivity contribution in [3.63, 3.8) is 0 Å². The fourth-order valence-electron chi connectivity index (χ4n) is 2.35. The molecule has 0 aromatic carbocycles. The van der Waals surface area contributed by atoms with E-state index in [0.717, 1.165) is 0 Å². The normalized spacial score (nSPS) is 27.1. The van der Waals surface area contributed by atoms with Crippen LogP contribution in [0.25, 0.3) is 0 Å². The van der Waals surface area contributed by atoms with E-state index in [-0.39, 0.29) is 36.2 Å². The van der Waals surface area contributed by atoms with Crippen LogP contribution in [-0.4, -0.2) is 48.9 Å². The molecule has 0 aromatic heterocycles. The number of fused-ring (bicyclic) bond motifs is 1. The fraction of sp³-hybridized carbons (Fsp3) is 0.750. The van der Waals surface area contributed by atoms with Gasteiger partial charge in [-0.15, -0.1) is 0 Å². The molecule has 2 aliphatic rings. The van der Waals surface area contributed by atoms with Crippen molar-refractivity contribution in [3.05, 3.63) is 0 Å². The second kappa shape index (κ2) is 5.06. The molecule has 1 saturated carbocycles. The van der Waals surface area contributed by atoms with Gasteiger partial charge in [0.25, 0.3) is 0 Å². The van der Waals surface area contributed by atoms with E-state index in [2.05, 4.69) is 5.32 Å². The van der Waals surface area contributed by atoms with E-state index in [1.165, 1.54) is 4.90 Å². The zero-order chi connectivity index (χ0) is 13.3. The predicted molar refractivity (Wildman–Crippen MR) is 62.4 cm³/mol. The minimum absolute atomic E-state index is 0.0758. The molecule has 0 spiro atoms. The summed E-state index contributed by atoms with van der Waals surface area (Å²) in [6, 6.07) is -0.470. The van der Waals surface area contributed by atoms with Crippen LogP contribution in [0.5, 0.6) is 0 Å². The van der Waals surface area contributed by atoms with Crippen LogP contribution < -0.4 is 5.32 Å². The Balaban J connectivity index is 1.85. The molecule has 0 aromatic rings. The summed E-state index contributed by atoms with van der Waals surface area (Å²) in [5, 5.41) is 2.84. The zero-order valence-corrected chi connectivity index (χ0v) is 10.6. The maximum Gasteiger partial charge on any atom is 0.323 e. The van der Waals surface area contributed by atoms with E-state index in [0.29, 0.717) is 19.4 Å². The lowest BCUT2D eigenvalue weighted by atomic mass is 10.2. The van der Waals surface area contributed by atoms with Crippen molar-refractivity contribution in [2.75, 3.05) is 20.2 Å². The van der Waals surface area contributed by atoms with Gasteiger partial charge >= 0.3 is 5.97 Å². The lowest BCUT2D eigenvalue weighted by Gasteiger charge is -2.20. The van der Waals surface area contributed by atoms with Gasteiger partial charge in [-0.25, -0.2) is 0 Å². The number of likely N-dealkylation sites (tertiary alicyclic amines) is 1. The quantitative estimate of drug-likeness (QED) is 0.512. The number of carbonyl (C=O) groups is 3. The molecule has 18 heavy (non-hydrogen) atoms. The Morgan fingerprint density at radius 3 is 2.56 bits per heavy atom. The maximum atomic E-state index is 11.7. The van der Waals surface area contributed by atoms with E-state index >= 15 is 0 Å². The van der Waals surface area contributed by atoms with Crippen LogP contribution in [0, 0.1) is 11.8 Å². The molecular formula is C12H18N2O4. The summed E-state index contributed by atoms with van der Waals surface area (Å²) in [4.78, 5) is 36.3. The minimum Gasteiger partial charge on any atom is -0.465 e. The summed E-state index contributed by atoms with van der Waals surface area (Å²) >= 11 is 0. The summed E-state index contributed by atoms with van der Waals surface area (Å²) in [5.74, 6) is -0.655. The first-order valence-corrected chi connectivity index (χ1v) is 6.29. The number of hydrogen-bond donors (Lipinski definition) is 1. The van der Waals surface area contributed by atoms with Gasteiger partial charge in [-0.2, -0.15) is 0 Å². The third-order valence-corrected chi connectivity index (χ3v) is 3.52. The van der Waals surface area contributed by atoms with Crippen LogP contribution in [0.4, 0.5) is 0 Å². The first kappa shape index (κ1) is 13.0. The molecule has 3 atom stereocenters. The topological polar surface area (TPSA) is 75.7 Å². The van der Waals surface area contributed by atoms with Crippen molar-refractivity contribution in [1.82, 2.24) is 10.2 Å². The Kier molecular flexibility index (Phi) is 3.65. The van der Waals surface area contributed by atoms with Gasteiger partial charge in [0.05, 0.1) is 18.4 Å². The van der Waals surface area contributed by atoms with Crippen molar-refractivity contribution >= 4 is 17.8 Å². The maximum absolute atomic E-state index is 11.7. The van der Waals surface area contributed by atoms with Gasteiger partial charge in [0.15, 0.2) is 0 Å². The van der Waals surface area contributed by atoms with Crippen LogP contribution in [0.2, 0.25) is 0 Å². The zero-order valence-electron chi connectivity index (χ0n) is 10.6. The third-order valence-electron chi connectivity index (χ3n) is 3.52. The number of amides is 2. The Labute approximate surface area is 106 Å². The Morgan fingerprint density at radius 2 is 2.06 bits per heavy atom. The highest BCUT2D eigenvalue weighted by Crippen LogP contribution is 2.46. The van der Waals surface area contributed by atoms with Gasteiger partial charge < -0.3 is 10.1 Å². The van der Waals surface area contributed by atoms with E-state index in [4.69, 9.17) is 4.74 Å².